The highest BCUT2D eigenvalue weighted by Crippen LogP contribution is 2.38. The molecule has 1 aliphatic heterocycles. The fraction of sp³-hybridized carbons (Fsp3) is 0.923. The van der Waals surface area contributed by atoms with Crippen molar-refractivity contribution in [2.24, 2.45) is 5.92 Å². The molecule has 1 aliphatic carbocycles. The van der Waals surface area contributed by atoms with Crippen LogP contribution in [0.15, 0.2) is 0 Å². The van der Waals surface area contributed by atoms with Gasteiger partial charge >= 0.3 is 12.2 Å². The largest absolute Gasteiger partial charge is 0.417 e. The summed E-state index contributed by atoms with van der Waals surface area (Å²) in [5, 5.41) is 12.4. The number of carbonyl (C=O) groups excluding carboxylic acids is 1. The summed E-state index contributed by atoms with van der Waals surface area (Å²) in [6, 6.07) is -0.270. The fourth-order valence-electron chi connectivity index (χ4n) is 2.71. The molecule has 1 unspecified atom stereocenters. The van der Waals surface area contributed by atoms with Gasteiger partial charge in [-0.15, -0.1) is 0 Å². The van der Waals surface area contributed by atoms with Crippen molar-refractivity contribution in [1.82, 2.24) is 10.2 Å². The average Bonchev–Trinajstić information content (AvgIpc) is 2.25. The number of hydrogen-bond acceptors (Lipinski definition) is 2. The van der Waals surface area contributed by atoms with Crippen LogP contribution in [0.3, 0.4) is 0 Å². The molecule has 7 heteroatoms. The van der Waals surface area contributed by atoms with Gasteiger partial charge in [0.05, 0.1) is 0 Å². The van der Waals surface area contributed by atoms with Gasteiger partial charge < -0.3 is 15.3 Å². The van der Waals surface area contributed by atoms with E-state index in [0.717, 1.165) is 12.8 Å². The summed E-state index contributed by atoms with van der Waals surface area (Å²) in [6.07, 6.45) is -2.18. The lowest BCUT2D eigenvalue weighted by atomic mass is 9.80. The number of urea groups is 1. The van der Waals surface area contributed by atoms with Crippen molar-refractivity contribution in [1.29, 1.82) is 0 Å². The Labute approximate surface area is 116 Å². The molecule has 116 valence electrons. The predicted molar refractivity (Wildman–Crippen MR) is 67.1 cm³/mol. The fourth-order valence-corrected chi connectivity index (χ4v) is 2.71. The lowest BCUT2D eigenvalue weighted by Gasteiger charge is -2.40. The zero-order chi connectivity index (χ0) is 15.0. The maximum Gasteiger partial charge on any atom is 0.417 e. The van der Waals surface area contributed by atoms with Gasteiger partial charge in [-0.25, -0.2) is 4.79 Å². The number of nitrogens with one attached hydrogen (secondary N) is 1. The van der Waals surface area contributed by atoms with Crippen molar-refractivity contribution < 1.29 is 23.1 Å². The van der Waals surface area contributed by atoms with Crippen molar-refractivity contribution in [2.45, 2.75) is 56.8 Å². The van der Waals surface area contributed by atoms with Gasteiger partial charge in [0, 0.05) is 32.0 Å². The van der Waals surface area contributed by atoms with Crippen molar-refractivity contribution in [2.75, 3.05) is 13.1 Å². The Kier molecular flexibility index (Phi) is 4.18. The lowest BCUT2D eigenvalue weighted by molar-refractivity contribution is -0.271. The molecule has 0 radical (unpaired) electrons. The van der Waals surface area contributed by atoms with Gasteiger partial charge in [-0.05, 0) is 25.7 Å². The second-order valence-corrected chi connectivity index (χ2v) is 5.95. The first-order valence-corrected chi connectivity index (χ1v) is 7.07. The van der Waals surface area contributed by atoms with Gasteiger partial charge in [-0.3, -0.25) is 0 Å². The van der Waals surface area contributed by atoms with Crippen LogP contribution in [0, 0.1) is 5.92 Å². The number of carbonyl (C=O) groups is 1. The molecule has 20 heavy (non-hydrogen) atoms. The van der Waals surface area contributed by atoms with Gasteiger partial charge in [0.25, 0.3) is 0 Å². The van der Waals surface area contributed by atoms with Crippen LogP contribution in [0.4, 0.5) is 18.0 Å². The molecule has 1 heterocycles. The third-order valence-electron chi connectivity index (χ3n) is 4.61. The van der Waals surface area contributed by atoms with Crippen molar-refractivity contribution in [3.05, 3.63) is 0 Å². The lowest BCUT2D eigenvalue weighted by Crippen LogP contribution is -2.57. The molecule has 0 aromatic rings. The molecule has 0 spiro atoms. The summed E-state index contributed by atoms with van der Waals surface area (Å²) in [6.45, 7) is 1.79. The molecule has 0 aromatic heterocycles. The molecule has 1 atom stereocenters. The summed E-state index contributed by atoms with van der Waals surface area (Å²) in [7, 11) is 0. The molecule has 2 amide bonds. The molecule has 0 bridgehead atoms. The molecule has 1 saturated carbocycles. The van der Waals surface area contributed by atoms with Crippen LogP contribution in [0.25, 0.3) is 0 Å². The van der Waals surface area contributed by atoms with E-state index >= 15 is 0 Å². The molecule has 2 aliphatic rings. The highest BCUT2D eigenvalue weighted by atomic mass is 19.4. The number of halogens is 3. The number of nitrogens with zero attached hydrogens (tertiary/aromatic N) is 1. The topological polar surface area (TPSA) is 52.6 Å². The zero-order valence-corrected chi connectivity index (χ0v) is 11.5. The standard InChI is InChI=1S/C13H21F3N2O2/c1-9(10-3-2-4-10)17-11(19)18-7-5-12(20,6-8-18)13(14,15)16/h9-10,20H,2-8H2,1H3,(H,17,19). The SMILES string of the molecule is CC(NC(=O)N1CCC(O)(C(F)(F)F)CC1)C1CCC1. The smallest absolute Gasteiger partial charge is 0.380 e. The number of aliphatic hydroxyl groups is 1. The van der Waals surface area contributed by atoms with E-state index in [9.17, 15) is 23.1 Å². The van der Waals surface area contributed by atoms with E-state index in [4.69, 9.17) is 0 Å². The van der Waals surface area contributed by atoms with E-state index in [2.05, 4.69) is 5.32 Å². The first kappa shape index (κ1) is 15.4. The highest BCUT2D eigenvalue weighted by Gasteiger charge is 2.54. The van der Waals surface area contributed by atoms with Crippen LogP contribution in [0.1, 0.15) is 39.0 Å². The summed E-state index contributed by atoms with van der Waals surface area (Å²) >= 11 is 0. The van der Waals surface area contributed by atoms with Crippen LogP contribution < -0.4 is 5.32 Å². The van der Waals surface area contributed by atoms with E-state index in [1.807, 2.05) is 6.92 Å². The van der Waals surface area contributed by atoms with E-state index in [1.54, 1.807) is 0 Å². The van der Waals surface area contributed by atoms with E-state index in [1.165, 1.54) is 11.3 Å². The van der Waals surface area contributed by atoms with Crippen LogP contribution in [0.5, 0.6) is 0 Å². The van der Waals surface area contributed by atoms with Gasteiger partial charge in [0.1, 0.15) is 0 Å². The quantitative estimate of drug-likeness (QED) is 0.821. The number of hydrogen-bond donors (Lipinski definition) is 2. The molecule has 2 rings (SSSR count). The number of likely N-dealkylation sites (tertiary alicyclic amines) is 1. The minimum absolute atomic E-state index is 0.0553. The van der Waals surface area contributed by atoms with Gasteiger partial charge in [-0.2, -0.15) is 13.2 Å². The molecule has 4 nitrogen and oxygen atoms in total. The highest BCUT2D eigenvalue weighted by molar-refractivity contribution is 5.74. The second kappa shape index (κ2) is 5.42. The number of amides is 2. The first-order valence-electron chi connectivity index (χ1n) is 7.07. The Hall–Kier alpha value is -0.980. The number of piperidine rings is 1. The monoisotopic (exact) mass is 294 g/mol. The summed E-state index contributed by atoms with van der Waals surface area (Å²) < 4.78 is 38.0. The minimum Gasteiger partial charge on any atom is -0.380 e. The van der Waals surface area contributed by atoms with Gasteiger partial charge in [-0.1, -0.05) is 6.42 Å². The van der Waals surface area contributed by atoms with Crippen LogP contribution in [-0.4, -0.2) is 46.9 Å². The third-order valence-corrected chi connectivity index (χ3v) is 4.61. The summed E-state index contributed by atoms with van der Waals surface area (Å²) in [5.41, 5.74) is -2.65. The second-order valence-electron chi connectivity index (χ2n) is 5.95. The zero-order valence-electron chi connectivity index (χ0n) is 11.5. The van der Waals surface area contributed by atoms with Crippen LogP contribution >= 0.6 is 0 Å². The van der Waals surface area contributed by atoms with Gasteiger partial charge in [0.2, 0.25) is 0 Å². The first-order chi connectivity index (χ1) is 9.23. The molecular weight excluding hydrogens is 273 g/mol. The molecule has 0 aromatic carbocycles. The molecular formula is C13H21F3N2O2. The Morgan fingerprint density at radius 1 is 1.35 bits per heavy atom. The Bertz CT molecular complexity index is 361. The minimum atomic E-state index is -4.63. The molecule has 2 N–H and O–H groups in total. The number of rotatable bonds is 2. The Morgan fingerprint density at radius 3 is 2.30 bits per heavy atom. The van der Waals surface area contributed by atoms with Gasteiger partial charge in [0.15, 0.2) is 5.60 Å². The number of alkyl halides is 3. The van der Waals surface area contributed by atoms with E-state index < -0.39 is 24.6 Å². The van der Waals surface area contributed by atoms with Crippen molar-refractivity contribution in [3.8, 4) is 0 Å². The Balaban J connectivity index is 1.82. The van der Waals surface area contributed by atoms with Crippen molar-refractivity contribution >= 4 is 6.03 Å². The van der Waals surface area contributed by atoms with E-state index in [-0.39, 0.29) is 25.2 Å². The molecule has 1 saturated heterocycles. The average molecular weight is 294 g/mol. The maximum absolute atomic E-state index is 12.7. The maximum atomic E-state index is 12.7. The summed E-state index contributed by atoms with van der Waals surface area (Å²) in [4.78, 5) is 13.3. The molecule has 2 fully saturated rings. The predicted octanol–water partition coefficient (Wildman–Crippen LogP) is 2.27. The van der Waals surface area contributed by atoms with E-state index in [0.29, 0.717) is 5.92 Å². The van der Waals surface area contributed by atoms with Crippen LogP contribution in [-0.2, 0) is 0 Å². The van der Waals surface area contributed by atoms with Crippen molar-refractivity contribution in [3.63, 3.8) is 0 Å². The van der Waals surface area contributed by atoms with Crippen LogP contribution in [0.2, 0.25) is 0 Å². The normalized spacial score (nSPS) is 24.9. The summed E-state index contributed by atoms with van der Waals surface area (Å²) in [5.74, 6) is 0.482. The Morgan fingerprint density at radius 2 is 1.90 bits per heavy atom. The third kappa shape index (κ3) is 3.02.